The van der Waals surface area contributed by atoms with Crippen molar-refractivity contribution in [1.29, 1.82) is 0 Å². The van der Waals surface area contributed by atoms with Gasteiger partial charge in [0, 0.05) is 6.42 Å². The van der Waals surface area contributed by atoms with Crippen molar-refractivity contribution in [1.82, 2.24) is 5.32 Å². The molecule has 0 aromatic carbocycles. The zero-order valence-corrected chi connectivity index (χ0v) is 41.8. The molecule has 0 saturated carbocycles. The van der Waals surface area contributed by atoms with Crippen molar-refractivity contribution in [2.45, 2.75) is 251 Å². The molecule has 8 nitrogen and oxygen atoms in total. The van der Waals surface area contributed by atoms with Crippen LogP contribution in [0.1, 0.15) is 239 Å². The largest absolute Gasteiger partial charge is 0.472 e. The van der Waals surface area contributed by atoms with Crippen LogP contribution in [0.15, 0.2) is 36.5 Å². The van der Waals surface area contributed by atoms with E-state index in [-0.39, 0.29) is 19.1 Å². The van der Waals surface area contributed by atoms with Gasteiger partial charge in [0.25, 0.3) is 0 Å². The van der Waals surface area contributed by atoms with E-state index in [1.54, 1.807) is 6.08 Å². The number of unbranched alkanes of at least 4 members (excludes halogenated alkanes) is 30. The zero-order chi connectivity index (χ0) is 45.0. The van der Waals surface area contributed by atoms with Gasteiger partial charge >= 0.3 is 7.82 Å². The first-order valence-corrected chi connectivity index (χ1v) is 27.4. The minimum absolute atomic E-state index is 0.0548. The summed E-state index contributed by atoms with van der Waals surface area (Å²) in [6.07, 6.45) is 55.2. The summed E-state index contributed by atoms with van der Waals surface area (Å²) >= 11 is 0. The number of amides is 1. The van der Waals surface area contributed by atoms with Gasteiger partial charge in [0.1, 0.15) is 13.2 Å². The van der Waals surface area contributed by atoms with Crippen LogP contribution in [0.4, 0.5) is 0 Å². The lowest BCUT2D eigenvalue weighted by Gasteiger charge is -2.25. The number of phosphoric acid groups is 1. The summed E-state index contributed by atoms with van der Waals surface area (Å²) in [5, 5.41) is 13.9. The Morgan fingerprint density at radius 3 is 1.31 bits per heavy atom. The molecule has 0 aromatic heterocycles. The molecule has 9 heteroatoms. The fourth-order valence-electron chi connectivity index (χ4n) is 7.49. The maximum absolute atomic E-state index is 12.9. The number of allylic oxidation sites excluding steroid dienone is 5. The Morgan fingerprint density at radius 1 is 0.541 bits per heavy atom. The molecule has 0 rings (SSSR count). The molecule has 0 aliphatic carbocycles. The smallest absolute Gasteiger partial charge is 0.387 e. The zero-order valence-electron chi connectivity index (χ0n) is 40.9. The van der Waals surface area contributed by atoms with Crippen molar-refractivity contribution in [2.24, 2.45) is 0 Å². The van der Waals surface area contributed by atoms with Crippen LogP contribution >= 0.6 is 7.82 Å². The third kappa shape index (κ3) is 46.5. The molecule has 0 spiro atoms. The van der Waals surface area contributed by atoms with Crippen molar-refractivity contribution < 1.29 is 32.9 Å². The first-order valence-electron chi connectivity index (χ1n) is 25.9. The van der Waals surface area contributed by atoms with Gasteiger partial charge in [-0.2, -0.15) is 0 Å². The molecule has 61 heavy (non-hydrogen) atoms. The van der Waals surface area contributed by atoms with E-state index in [1.807, 2.05) is 27.2 Å². The van der Waals surface area contributed by atoms with E-state index < -0.39 is 20.0 Å². The number of nitrogens with one attached hydrogen (secondary N) is 1. The van der Waals surface area contributed by atoms with Crippen molar-refractivity contribution in [2.75, 3.05) is 40.9 Å². The van der Waals surface area contributed by atoms with Crippen LogP contribution in [-0.2, 0) is 18.4 Å². The Morgan fingerprint density at radius 2 is 0.902 bits per heavy atom. The summed E-state index contributed by atoms with van der Waals surface area (Å²) in [5.41, 5.74) is 0. The lowest BCUT2D eigenvalue weighted by Crippen LogP contribution is -2.45. The SMILES string of the molecule is CCCCCCCCCCCCCCCCC/C=C/CC/C=C/CC/C=C/C(O)C(COP(=O)(O)OCC[N+](C)(C)C)NC(=O)CCCCCCCCCCCCCCCC. The molecule has 0 radical (unpaired) electrons. The highest BCUT2D eigenvalue weighted by Gasteiger charge is 2.27. The predicted octanol–water partition coefficient (Wildman–Crippen LogP) is 15.0. The second kappa shape index (κ2) is 43.9. The van der Waals surface area contributed by atoms with Crippen molar-refractivity contribution >= 4 is 13.7 Å². The van der Waals surface area contributed by atoms with E-state index in [2.05, 4.69) is 43.5 Å². The third-order valence-electron chi connectivity index (χ3n) is 11.6. The van der Waals surface area contributed by atoms with Gasteiger partial charge in [0.15, 0.2) is 0 Å². The fraction of sp³-hybridized carbons (Fsp3) is 0.865. The predicted molar refractivity (Wildman–Crippen MR) is 263 cm³/mol. The molecule has 0 aliphatic heterocycles. The van der Waals surface area contributed by atoms with Crippen LogP contribution in [0, 0.1) is 0 Å². The number of carbonyl (C=O) groups excluding carboxylic acids is 1. The molecule has 3 atom stereocenters. The van der Waals surface area contributed by atoms with Crippen molar-refractivity contribution in [3.8, 4) is 0 Å². The molecule has 0 heterocycles. The molecule has 360 valence electrons. The molecule has 0 aromatic rings. The summed E-state index contributed by atoms with van der Waals surface area (Å²) in [6.45, 7) is 4.80. The van der Waals surface area contributed by atoms with Crippen LogP contribution < -0.4 is 5.32 Å². The minimum atomic E-state index is -4.35. The number of rotatable bonds is 47. The van der Waals surface area contributed by atoms with Crippen LogP contribution in [0.25, 0.3) is 0 Å². The standard InChI is InChI=1S/C52H101N2O6P/c1-6-8-10-12-14-16-18-20-22-23-24-25-26-27-28-29-30-31-32-33-35-37-39-41-43-45-51(55)50(49-60-61(57,58)59-48-47-54(3,4)5)53-52(56)46-44-42-40-38-36-34-21-19-17-15-13-11-9-7-2/h30-31,35,37,43,45,50-51,55H,6-29,32-34,36,38-42,44,46-49H2,1-5H3,(H-,53,56,57,58)/p+1/b31-30+,37-35+,45-43+. The van der Waals surface area contributed by atoms with Crippen molar-refractivity contribution in [3.05, 3.63) is 36.5 Å². The Labute approximate surface area is 378 Å². The molecule has 1 amide bonds. The number of phosphoric ester groups is 1. The van der Waals surface area contributed by atoms with Gasteiger partial charge in [0.2, 0.25) is 5.91 Å². The van der Waals surface area contributed by atoms with Gasteiger partial charge in [-0.3, -0.25) is 13.8 Å². The van der Waals surface area contributed by atoms with E-state index in [1.165, 1.54) is 173 Å². The summed E-state index contributed by atoms with van der Waals surface area (Å²) in [7, 11) is 1.55. The van der Waals surface area contributed by atoms with E-state index in [0.29, 0.717) is 17.4 Å². The van der Waals surface area contributed by atoms with Crippen LogP contribution in [0.2, 0.25) is 0 Å². The average Bonchev–Trinajstić information content (AvgIpc) is 3.21. The first kappa shape index (κ1) is 59.7. The second-order valence-electron chi connectivity index (χ2n) is 18.9. The van der Waals surface area contributed by atoms with E-state index in [0.717, 1.165) is 44.9 Å². The molecule has 0 bridgehead atoms. The van der Waals surface area contributed by atoms with Crippen LogP contribution in [0.3, 0.4) is 0 Å². The number of hydrogen-bond acceptors (Lipinski definition) is 5. The average molecular weight is 882 g/mol. The first-order chi connectivity index (χ1) is 29.5. The molecule has 3 unspecified atom stereocenters. The summed E-state index contributed by atoms with van der Waals surface area (Å²) in [4.78, 5) is 23.2. The molecule has 0 aliphatic rings. The van der Waals surface area contributed by atoms with Crippen LogP contribution in [-0.4, -0.2) is 73.4 Å². The minimum Gasteiger partial charge on any atom is -0.387 e. The lowest BCUT2D eigenvalue weighted by atomic mass is 10.0. The van der Waals surface area contributed by atoms with Crippen LogP contribution in [0.5, 0.6) is 0 Å². The van der Waals surface area contributed by atoms with E-state index >= 15 is 0 Å². The summed E-state index contributed by atoms with van der Waals surface area (Å²) < 4.78 is 23.6. The topological polar surface area (TPSA) is 105 Å². The normalized spacial score (nSPS) is 14.4. The van der Waals surface area contributed by atoms with E-state index in [9.17, 15) is 19.4 Å². The molecule has 0 fully saturated rings. The summed E-state index contributed by atoms with van der Waals surface area (Å²) in [6, 6.07) is -0.866. The lowest BCUT2D eigenvalue weighted by molar-refractivity contribution is -0.870. The number of hydrogen-bond donors (Lipinski definition) is 3. The maximum Gasteiger partial charge on any atom is 0.472 e. The quantitative estimate of drug-likeness (QED) is 0.0243. The Hall–Kier alpha value is -1.28. The number of nitrogens with zero attached hydrogens (tertiary/aromatic N) is 1. The maximum atomic E-state index is 12.9. The highest BCUT2D eigenvalue weighted by molar-refractivity contribution is 7.47. The third-order valence-corrected chi connectivity index (χ3v) is 12.6. The highest BCUT2D eigenvalue weighted by Crippen LogP contribution is 2.43. The van der Waals surface area contributed by atoms with Crippen molar-refractivity contribution in [3.63, 3.8) is 0 Å². The number of aliphatic hydroxyl groups excluding tert-OH is 1. The van der Waals surface area contributed by atoms with Gasteiger partial charge in [-0.15, -0.1) is 0 Å². The summed E-state index contributed by atoms with van der Waals surface area (Å²) in [5.74, 6) is -0.189. The van der Waals surface area contributed by atoms with Gasteiger partial charge in [-0.1, -0.05) is 224 Å². The number of aliphatic hydroxyl groups is 1. The highest BCUT2D eigenvalue weighted by atomic mass is 31.2. The Balaban J connectivity index is 4.33. The van der Waals surface area contributed by atoms with Gasteiger partial charge in [-0.05, 0) is 44.9 Å². The Kier molecular flexibility index (Phi) is 43.0. The van der Waals surface area contributed by atoms with Gasteiger partial charge < -0.3 is 19.8 Å². The number of carbonyl (C=O) groups is 1. The molecule has 3 N–H and O–H groups in total. The number of quaternary nitrogens is 1. The number of likely N-dealkylation sites (N-methyl/N-ethyl adjacent to an activating group) is 1. The Bertz CT molecular complexity index is 1090. The van der Waals surface area contributed by atoms with Gasteiger partial charge in [0.05, 0.1) is 39.9 Å². The second-order valence-corrected chi connectivity index (χ2v) is 20.3. The molecular formula is C52H102N2O6P+. The molecular weight excluding hydrogens is 780 g/mol. The monoisotopic (exact) mass is 882 g/mol. The van der Waals surface area contributed by atoms with E-state index in [4.69, 9.17) is 9.05 Å². The van der Waals surface area contributed by atoms with Gasteiger partial charge in [-0.25, -0.2) is 4.57 Å². The molecule has 0 saturated heterocycles. The fourth-order valence-corrected chi connectivity index (χ4v) is 8.22.